The Labute approximate surface area is 139 Å². The highest BCUT2D eigenvalue weighted by Crippen LogP contribution is 2.22. The number of methoxy groups -OCH3 is 1. The van der Waals surface area contributed by atoms with Crippen molar-refractivity contribution < 1.29 is 29.3 Å². The van der Waals surface area contributed by atoms with E-state index >= 15 is 0 Å². The molecule has 0 heterocycles. The molecular formula is C17H21NO6. The molecule has 1 aromatic rings. The molecule has 0 aliphatic carbocycles. The lowest BCUT2D eigenvalue weighted by Crippen LogP contribution is -2.40. The van der Waals surface area contributed by atoms with Crippen molar-refractivity contribution in [3.63, 3.8) is 0 Å². The third-order valence-electron chi connectivity index (χ3n) is 3.47. The fourth-order valence-electron chi connectivity index (χ4n) is 2.22. The number of benzene rings is 1. The lowest BCUT2D eigenvalue weighted by Gasteiger charge is -2.12. The number of ether oxygens (including phenoxy) is 1. The van der Waals surface area contributed by atoms with Crippen molar-refractivity contribution in [2.45, 2.75) is 32.7 Å². The molecule has 7 heteroatoms. The van der Waals surface area contributed by atoms with Gasteiger partial charge in [0.15, 0.2) is 0 Å². The molecule has 1 aromatic carbocycles. The van der Waals surface area contributed by atoms with Crippen LogP contribution in [0.25, 0.3) is 6.08 Å². The Morgan fingerprint density at radius 1 is 1.21 bits per heavy atom. The summed E-state index contributed by atoms with van der Waals surface area (Å²) in [5.74, 6) is -2.26. The molecule has 0 spiro atoms. The number of rotatable bonds is 8. The van der Waals surface area contributed by atoms with Gasteiger partial charge in [0, 0.05) is 12.5 Å². The van der Waals surface area contributed by atoms with Gasteiger partial charge in [-0.1, -0.05) is 0 Å². The summed E-state index contributed by atoms with van der Waals surface area (Å²) in [5, 5.41) is 19.9. The Morgan fingerprint density at radius 3 is 2.25 bits per heavy atom. The van der Waals surface area contributed by atoms with Crippen LogP contribution in [0.1, 0.15) is 29.5 Å². The van der Waals surface area contributed by atoms with Gasteiger partial charge in [-0.3, -0.25) is 9.59 Å². The smallest absolute Gasteiger partial charge is 0.326 e. The van der Waals surface area contributed by atoms with Gasteiger partial charge in [-0.05, 0) is 55.2 Å². The molecule has 0 saturated carbocycles. The number of carboxylic acids is 2. The maximum atomic E-state index is 11.9. The van der Waals surface area contributed by atoms with Crippen LogP contribution in [0.5, 0.6) is 5.75 Å². The summed E-state index contributed by atoms with van der Waals surface area (Å²) >= 11 is 0. The van der Waals surface area contributed by atoms with Crippen LogP contribution in [0.15, 0.2) is 18.2 Å². The van der Waals surface area contributed by atoms with Crippen LogP contribution in [-0.2, 0) is 14.4 Å². The molecule has 130 valence electrons. The zero-order chi connectivity index (χ0) is 18.3. The van der Waals surface area contributed by atoms with E-state index in [0.29, 0.717) is 5.75 Å². The van der Waals surface area contributed by atoms with Gasteiger partial charge in [-0.25, -0.2) is 4.79 Å². The molecule has 24 heavy (non-hydrogen) atoms. The molecule has 3 N–H and O–H groups in total. The average Bonchev–Trinajstić information content (AvgIpc) is 2.49. The topological polar surface area (TPSA) is 113 Å². The summed E-state index contributed by atoms with van der Waals surface area (Å²) in [6.07, 6.45) is 2.32. The number of nitrogens with one attached hydrogen (secondary N) is 1. The molecule has 1 unspecified atom stereocenters. The van der Waals surface area contributed by atoms with Crippen LogP contribution in [-0.4, -0.2) is 41.2 Å². The number of carbonyl (C=O) groups is 3. The minimum Gasteiger partial charge on any atom is -0.497 e. The van der Waals surface area contributed by atoms with Crippen molar-refractivity contribution in [2.24, 2.45) is 0 Å². The quantitative estimate of drug-likeness (QED) is 0.624. The van der Waals surface area contributed by atoms with E-state index in [1.165, 1.54) is 6.08 Å². The van der Waals surface area contributed by atoms with E-state index < -0.39 is 23.9 Å². The second-order valence-electron chi connectivity index (χ2n) is 5.34. The number of aliphatic carboxylic acids is 2. The molecule has 1 amide bonds. The molecule has 0 saturated heterocycles. The molecule has 0 aliphatic heterocycles. The first-order valence-corrected chi connectivity index (χ1v) is 7.33. The molecule has 7 nitrogen and oxygen atoms in total. The maximum absolute atomic E-state index is 11.9. The number of carbonyl (C=O) groups excluding carboxylic acids is 1. The number of aryl methyl sites for hydroxylation is 2. The average molecular weight is 335 g/mol. The van der Waals surface area contributed by atoms with Crippen molar-refractivity contribution in [1.82, 2.24) is 5.32 Å². The predicted molar refractivity (Wildman–Crippen MR) is 87.9 cm³/mol. The molecule has 0 bridgehead atoms. The second-order valence-corrected chi connectivity index (χ2v) is 5.34. The van der Waals surface area contributed by atoms with Gasteiger partial charge >= 0.3 is 11.9 Å². The first-order chi connectivity index (χ1) is 11.2. The van der Waals surface area contributed by atoms with Gasteiger partial charge in [-0.2, -0.15) is 0 Å². The Kier molecular flexibility index (Phi) is 6.98. The third kappa shape index (κ3) is 5.75. The van der Waals surface area contributed by atoms with Gasteiger partial charge in [0.05, 0.1) is 7.11 Å². The largest absolute Gasteiger partial charge is 0.497 e. The summed E-state index contributed by atoms with van der Waals surface area (Å²) in [5.41, 5.74) is 2.66. The van der Waals surface area contributed by atoms with Crippen LogP contribution >= 0.6 is 0 Å². The van der Waals surface area contributed by atoms with Crippen molar-refractivity contribution in [3.05, 3.63) is 34.9 Å². The van der Waals surface area contributed by atoms with E-state index in [4.69, 9.17) is 14.9 Å². The summed E-state index contributed by atoms with van der Waals surface area (Å²) in [7, 11) is 1.57. The fourth-order valence-corrected chi connectivity index (χ4v) is 2.22. The minimum absolute atomic E-state index is 0.176. The normalized spacial score (nSPS) is 12.0. The number of carboxylic acid groups (broad SMARTS) is 2. The summed E-state index contributed by atoms with van der Waals surface area (Å²) in [6, 6.07) is 2.42. The number of amides is 1. The highest BCUT2D eigenvalue weighted by atomic mass is 16.5. The Morgan fingerprint density at radius 2 is 1.79 bits per heavy atom. The van der Waals surface area contributed by atoms with Gasteiger partial charge in [0.1, 0.15) is 11.8 Å². The highest BCUT2D eigenvalue weighted by molar-refractivity contribution is 5.94. The van der Waals surface area contributed by atoms with Gasteiger partial charge in [0.2, 0.25) is 5.91 Å². The van der Waals surface area contributed by atoms with E-state index in [0.717, 1.165) is 16.7 Å². The van der Waals surface area contributed by atoms with Gasteiger partial charge in [0.25, 0.3) is 0 Å². The molecule has 0 aromatic heterocycles. The molecule has 0 aliphatic rings. The predicted octanol–water partition coefficient (Wildman–Crippen LogP) is 1.76. The number of hydrogen-bond donors (Lipinski definition) is 3. The van der Waals surface area contributed by atoms with Gasteiger partial charge in [-0.15, -0.1) is 0 Å². The van der Waals surface area contributed by atoms with E-state index in [-0.39, 0.29) is 12.8 Å². The first-order valence-electron chi connectivity index (χ1n) is 7.33. The summed E-state index contributed by atoms with van der Waals surface area (Å²) in [6.45, 7) is 3.75. The Balaban J connectivity index is 2.81. The van der Waals surface area contributed by atoms with Crippen molar-refractivity contribution in [1.29, 1.82) is 0 Å². The van der Waals surface area contributed by atoms with E-state index in [2.05, 4.69) is 5.32 Å². The molecule has 1 rings (SSSR count). The first kappa shape index (κ1) is 19.2. The fraction of sp³-hybridized carbons (Fsp3) is 0.353. The molecule has 1 atom stereocenters. The Hall–Kier alpha value is -2.83. The zero-order valence-electron chi connectivity index (χ0n) is 13.8. The van der Waals surface area contributed by atoms with Crippen LogP contribution in [0.3, 0.4) is 0 Å². The highest BCUT2D eigenvalue weighted by Gasteiger charge is 2.19. The zero-order valence-corrected chi connectivity index (χ0v) is 13.8. The standard InChI is InChI=1S/C17H21NO6/c1-10-8-12(24-3)9-11(2)13(10)4-6-15(19)18-14(17(22)23)5-7-16(20)21/h4,6,8-9,14H,5,7H2,1-3H3,(H,18,19)(H,20,21)(H,22,23)/b6-4+. The van der Waals surface area contributed by atoms with E-state index in [1.54, 1.807) is 13.2 Å². The van der Waals surface area contributed by atoms with E-state index in [9.17, 15) is 14.4 Å². The van der Waals surface area contributed by atoms with Crippen LogP contribution < -0.4 is 10.1 Å². The van der Waals surface area contributed by atoms with Crippen molar-refractivity contribution in [3.8, 4) is 5.75 Å². The van der Waals surface area contributed by atoms with Crippen LogP contribution in [0.4, 0.5) is 0 Å². The summed E-state index contributed by atoms with van der Waals surface area (Å²) < 4.78 is 5.17. The van der Waals surface area contributed by atoms with Crippen LogP contribution in [0.2, 0.25) is 0 Å². The molecule has 0 fully saturated rings. The second kappa shape index (κ2) is 8.71. The summed E-state index contributed by atoms with van der Waals surface area (Å²) in [4.78, 5) is 33.5. The Bertz CT molecular complexity index is 642. The minimum atomic E-state index is -1.27. The third-order valence-corrected chi connectivity index (χ3v) is 3.47. The lowest BCUT2D eigenvalue weighted by molar-refractivity contribution is -0.142. The lowest BCUT2D eigenvalue weighted by atomic mass is 10.0. The van der Waals surface area contributed by atoms with Crippen molar-refractivity contribution >= 4 is 23.9 Å². The van der Waals surface area contributed by atoms with Crippen molar-refractivity contribution in [2.75, 3.05) is 7.11 Å². The molecular weight excluding hydrogens is 314 g/mol. The maximum Gasteiger partial charge on any atom is 0.326 e. The number of hydrogen-bond acceptors (Lipinski definition) is 4. The monoisotopic (exact) mass is 335 g/mol. The SMILES string of the molecule is COc1cc(C)c(/C=C/C(=O)NC(CCC(=O)O)C(=O)O)c(C)c1. The van der Waals surface area contributed by atoms with Gasteiger partial charge < -0.3 is 20.3 Å². The molecule has 0 radical (unpaired) electrons. The van der Waals surface area contributed by atoms with E-state index in [1.807, 2.05) is 26.0 Å². The van der Waals surface area contributed by atoms with Crippen LogP contribution in [0, 0.1) is 13.8 Å².